The number of fused-ring (bicyclic) bond motifs is 3. The van der Waals surface area contributed by atoms with Crippen molar-refractivity contribution in [1.29, 1.82) is 0 Å². The highest BCUT2D eigenvalue weighted by Gasteiger charge is 2.24. The van der Waals surface area contributed by atoms with Crippen LogP contribution in [0.5, 0.6) is 0 Å². The summed E-state index contributed by atoms with van der Waals surface area (Å²) in [6, 6.07) is 11.4. The quantitative estimate of drug-likeness (QED) is 0.578. The Morgan fingerprint density at radius 2 is 1.80 bits per heavy atom. The van der Waals surface area contributed by atoms with Gasteiger partial charge in [-0.05, 0) is 67.4 Å². The van der Waals surface area contributed by atoms with Crippen molar-refractivity contribution in [2.45, 2.75) is 39.2 Å². The molecular formula is C24H27F2N3O. The van der Waals surface area contributed by atoms with Crippen LogP contribution in [-0.4, -0.2) is 35.0 Å². The molecule has 0 fully saturated rings. The first-order valence-electron chi connectivity index (χ1n) is 10.6. The second-order valence-electron chi connectivity index (χ2n) is 7.97. The number of unbranched alkanes of at least 4 members (excludes halogenated alkanes) is 2. The molecule has 2 aromatic carbocycles. The van der Waals surface area contributed by atoms with Gasteiger partial charge < -0.3 is 9.88 Å². The van der Waals surface area contributed by atoms with Crippen LogP contribution in [-0.2, 0) is 17.8 Å². The highest BCUT2D eigenvalue weighted by atomic mass is 19.1. The minimum atomic E-state index is -0.264. The zero-order valence-electron chi connectivity index (χ0n) is 17.3. The molecule has 2 heterocycles. The molecule has 0 saturated carbocycles. The van der Waals surface area contributed by atoms with E-state index in [2.05, 4.69) is 14.8 Å². The summed E-state index contributed by atoms with van der Waals surface area (Å²) in [6.07, 6.45) is 3.98. The van der Waals surface area contributed by atoms with Gasteiger partial charge in [0.25, 0.3) is 0 Å². The highest BCUT2D eigenvalue weighted by Crippen LogP contribution is 2.34. The summed E-state index contributed by atoms with van der Waals surface area (Å²) < 4.78 is 29.6. The fourth-order valence-electron chi connectivity index (χ4n) is 4.36. The molecule has 1 aromatic heterocycles. The van der Waals surface area contributed by atoms with E-state index in [0.717, 1.165) is 68.5 Å². The van der Waals surface area contributed by atoms with Gasteiger partial charge in [-0.3, -0.25) is 9.69 Å². The maximum atomic E-state index is 14.0. The lowest BCUT2D eigenvalue weighted by molar-refractivity contribution is -0.118. The fraction of sp³-hybridized carbons (Fsp3) is 0.375. The topological polar surface area (TPSA) is 37.3 Å². The highest BCUT2D eigenvalue weighted by molar-refractivity contribution is 5.87. The summed E-state index contributed by atoms with van der Waals surface area (Å²) in [5.74, 6) is -0.486. The lowest BCUT2D eigenvalue weighted by Gasteiger charge is -2.28. The lowest BCUT2D eigenvalue weighted by atomic mass is 10.0. The standard InChI is InChI=1S/C24H27F2N3O/c1-17(30)27-12-3-2-4-13-28-14-11-24-22(16-28)21-15-19(26)7-10-23(21)29(24)20-8-5-18(25)6-9-20/h5-10,15H,2-4,11-14,16H2,1H3,(H,27,30). The van der Waals surface area contributed by atoms with Crippen molar-refractivity contribution in [1.82, 2.24) is 14.8 Å². The Bertz CT molecular complexity index is 1040. The lowest BCUT2D eigenvalue weighted by Crippen LogP contribution is -2.32. The molecule has 6 heteroatoms. The van der Waals surface area contributed by atoms with Crippen LogP contribution in [0, 0.1) is 11.6 Å². The molecule has 30 heavy (non-hydrogen) atoms. The Kier molecular flexibility index (Phi) is 6.13. The van der Waals surface area contributed by atoms with Crippen LogP contribution in [0.1, 0.15) is 37.4 Å². The Labute approximate surface area is 175 Å². The molecular weight excluding hydrogens is 384 g/mol. The molecule has 3 aromatic rings. The van der Waals surface area contributed by atoms with Gasteiger partial charge >= 0.3 is 0 Å². The predicted molar refractivity (Wildman–Crippen MR) is 115 cm³/mol. The number of aromatic nitrogens is 1. The van der Waals surface area contributed by atoms with E-state index in [4.69, 9.17) is 0 Å². The van der Waals surface area contributed by atoms with Crippen LogP contribution >= 0.6 is 0 Å². The van der Waals surface area contributed by atoms with Crippen molar-refractivity contribution in [3.8, 4) is 5.69 Å². The molecule has 1 aliphatic heterocycles. The van der Waals surface area contributed by atoms with Gasteiger partial charge in [-0.25, -0.2) is 8.78 Å². The number of hydrogen-bond donors (Lipinski definition) is 1. The van der Waals surface area contributed by atoms with Gasteiger partial charge in [-0.15, -0.1) is 0 Å². The molecule has 0 aliphatic carbocycles. The van der Waals surface area contributed by atoms with Crippen LogP contribution in [0.15, 0.2) is 42.5 Å². The molecule has 1 amide bonds. The smallest absolute Gasteiger partial charge is 0.216 e. The molecule has 0 bridgehead atoms. The number of hydrogen-bond acceptors (Lipinski definition) is 2. The van der Waals surface area contributed by atoms with Gasteiger partial charge in [0.15, 0.2) is 0 Å². The normalized spacial score (nSPS) is 14.1. The molecule has 1 N–H and O–H groups in total. The van der Waals surface area contributed by atoms with Gasteiger partial charge in [0.1, 0.15) is 11.6 Å². The van der Waals surface area contributed by atoms with Crippen molar-refractivity contribution >= 4 is 16.8 Å². The van der Waals surface area contributed by atoms with Crippen molar-refractivity contribution in [2.24, 2.45) is 0 Å². The van der Waals surface area contributed by atoms with E-state index in [1.54, 1.807) is 18.2 Å². The van der Waals surface area contributed by atoms with E-state index >= 15 is 0 Å². The van der Waals surface area contributed by atoms with E-state index < -0.39 is 0 Å². The predicted octanol–water partition coefficient (Wildman–Crippen LogP) is 4.57. The summed E-state index contributed by atoms with van der Waals surface area (Å²) in [4.78, 5) is 13.3. The van der Waals surface area contributed by atoms with Crippen molar-refractivity contribution in [2.75, 3.05) is 19.6 Å². The number of amides is 1. The number of nitrogens with zero attached hydrogens (tertiary/aromatic N) is 2. The molecule has 158 valence electrons. The van der Waals surface area contributed by atoms with Crippen LogP contribution < -0.4 is 5.32 Å². The van der Waals surface area contributed by atoms with E-state index in [0.29, 0.717) is 0 Å². The minimum Gasteiger partial charge on any atom is -0.356 e. The number of carbonyl (C=O) groups excluding carboxylic acids is 1. The SMILES string of the molecule is CC(=O)NCCCCCN1CCc2c(c3cc(F)ccc3n2-c2ccc(F)cc2)C1. The van der Waals surface area contributed by atoms with Gasteiger partial charge in [-0.1, -0.05) is 6.42 Å². The molecule has 0 saturated heterocycles. The number of carbonyl (C=O) groups is 1. The van der Waals surface area contributed by atoms with E-state index in [1.807, 2.05) is 6.07 Å². The zero-order chi connectivity index (χ0) is 21.1. The number of benzene rings is 2. The average molecular weight is 411 g/mol. The summed E-state index contributed by atoms with van der Waals surface area (Å²) in [5.41, 5.74) is 4.22. The van der Waals surface area contributed by atoms with E-state index in [-0.39, 0.29) is 17.5 Å². The monoisotopic (exact) mass is 411 g/mol. The molecule has 4 rings (SSSR count). The summed E-state index contributed by atoms with van der Waals surface area (Å²) in [5, 5.41) is 3.76. The number of nitrogens with one attached hydrogen (secondary N) is 1. The molecule has 0 radical (unpaired) electrons. The van der Waals surface area contributed by atoms with Crippen LogP contribution in [0.25, 0.3) is 16.6 Å². The van der Waals surface area contributed by atoms with Crippen LogP contribution in [0.4, 0.5) is 8.78 Å². The molecule has 4 nitrogen and oxygen atoms in total. The van der Waals surface area contributed by atoms with E-state index in [9.17, 15) is 13.6 Å². The summed E-state index contributed by atoms with van der Waals surface area (Å²) >= 11 is 0. The van der Waals surface area contributed by atoms with Crippen LogP contribution in [0.3, 0.4) is 0 Å². The Morgan fingerprint density at radius 1 is 1.03 bits per heavy atom. The number of rotatable bonds is 7. The summed E-state index contributed by atoms with van der Waals surface area (Å²) in [6.45, 7) is 4.98. The Morgan fingerprint density at radius 3 is 2.57 bits per heavy atom. The van der Waals surface area contributed by atoms with Crippen molar-refractivity contribution in [3.63, 3.8) is 0 Å². The molecule has 0 atom stereocenters. The van der Waals surface area contributed by atoms with Gasteiger partial charge in [0, 0.05) is 49.7 Å². The summed E-state index contributed by atoms with van der Waals surface area (Å²) in [7, 11) is 0. The van der Waals surface area contributed by atoms with Gasteiger partial charge in [-0.2, -0.15) is 0 Å². The average Bonchev–Trinajstić information content (AvgIpc) is 3.04. The Balaban J connectivity index is 1.53. The minimum absolute atomic E-state index is 0.0170. The van der Waals surface area contributed by atoms with Crippen LogP contribution in [0.2, 0.25) is 0 Å². The fourth-order valence-corrected chi connectivity index (χ4v) is 4.36. The van der Waals surface area contributed by atoms with Crippen molar-refractivity contribution in [3.05, 3.63) is 65.4 Å². The number of halogens is 2. The van der Waals surface area contributed by atoms with Gasteiger partial charge in [0.2, 0.25) is 5.91 Å². The maximum absolute atomic E-state index is 14.0. The van der Waals surface area contributed by atoms with Gasteiger partial charge in [0.05, 0.1) is 5.52 Å². The molecule has 0 spiro atoms. The molecule has 0 unspecified atom stereocenters. The maximum Gasteiger partial charge on any atom is 0.216 e. The third kappa shape index (κ3) is 4.38. The first kappa shape index (κ1) is 20.5. The third-order valence-electron chi connectivity index (χ3n) is 5.80. The second-order valence-corrected chi connectivity index (χ2v) is 7.97. The first-order chi connectivity index (χ1) is 14.5. The molecule has 1 aliphatic rings. The largest absolute Gasteiger partial charge is 0.356 e. The van der Waals surface area contributed by atoms with E-state index in [1.165, 1.54) is 36.4 Å². The second kappa shape index (κ2) is 8.96. The first-order valence-corrected chi connectivity index (χ1v) is 10.6. The Hall–Kier alpha value is -2.73. The van der Waals surface area contributed by atoms with Crippen molar-refractivity contribution < 1.29 is 13.6 Å². The third-order valence-corrected chi connectivity index (χ3v) is 5.80. The zero-order valence-corrected chi connectivity index (χ0v) is 17.3.